The van der Waals surface area contributed by atoms with Crippen LogP contribution < -0.4 is 15.6 Å². The molecule has 0 saturated heterocycles. The smallest absolute Gasteiger partial charge is 0.257 e. The Morgan fingerprint density at radius 3 is 2.69 bits per heavy atom. The number of anilines is 1. The monoisotopic (exact) mass is 454 g/mol. The quantitative estimate of drug-likeness (QED) is 0.509. The summed E-state index contributed by atoms with van der Waals surface area (Å²) < 4.78 is 5.61. The Bertz CT molecular complexity index is 1140. The number of ether oxygens (including phenoxy) is 1. The number of hydrogen-bond acceptors (Lipinski definition) is 7. The van der Waals surface area contributed by atoms with Gasteiger partial charge in [-0.05, 0) is 32.0 Å². The van der Waals surface area contributed by atoms with Crippen molar-refractivity contribution in [3.05, 3.63) is 57.0 Å². The van der Waals surface area contributed by atoms with Crippen molar-refractivity contribution < 1.29 is 9.53 Å². The molecule has 0 radical (unpaired) electrons. The van der Waals surface area contributed by atoms with Gasteiger partial charge in [-0.25, -0.2) is 4.98 Å². The normalized spacial score (nSPS) is 19.4. The topological polar surface area (TPSA) is 87.3 Å². The van der Waals surface area contributed by atoms with E-state index in [0.29, 0.717) is 34.3 Å². The van der Waals surface area contributed by atoms with Crippen LogP contribution in [0.2, 0.25) is 0 Å². The van der Waals surface area contributed by atoms with Crippen LogP contribution in [0.15, 0.2) is 45.5 Å². The lowest BCUT2D eigenvalue weighted by molar-refractivity contribution is -0.118. The molecule has 1 aromatic carbocycles. The number of benzene rings is 1. The van der Waals surface area contributed by atoms with Gasteiger partial charge in [0.15, 0.2) is 10.9 Å². The number of methoxy groups -OCH3 is 1. The zero-order valence-electron chi connectivity index (χ0n) is 19.2. The molecule has 0 spiro atoms. The number of aromatic amines is 1. The van der Waals surface area contributed by atoms with Gasteiger partial charge in [0.2, 0.25) is 0 Å². The fourth-order valence-electron chi connectivity index (χ4n) is 4.50. The van der Waals surface area contributed by atoms with Crippen molar-refractivity contribution in [1.29, 1.82) is 0 Å². The molecule has 1 atom stereocenters. The van der Waals surface area contributed by atoms with Gasteiger partial charge in [-0.2, -0.15) is 0 Å². The molecule has 170 valence electrons. The number of carbonyl (C=O) groups excluding carboxylic acids is 1. The molecule has 7 nitrogen and oxygen atoms in total. The second kappa shape index (κ2) is 8.75. The molecule has 0 bridgehead atoms. The summed E-state index contributed by atoms with van der Waals surface area (Å²) in [5.41, 5.74) is 2.40. The van der Waals surface area contributed by atoms with Gasteiger partial charge in [-0.1, -0.05) is 43.8 Å². The van der Waals surface area contributed by atoms with E-state index in [4.69, 9.17) is 9.72 Å². The lowest BCUT2D eigenvalue weighted by atomic mass is 9.69. The first-order valence-electron chi connectivity index (χ1n) is 10.8. The molecule has 1 aliphatic heterocycles. The maximum absolute atomic E-state index is 13.3. The lowest BCUT2D eigenvalue weighted by Crippen LogP contribution is -2.37. The minimum Gasteiger partial charge on any atom is -0.496 e. The van der Waals surface area contributed by atoms with Crippen molar-refractivity contribution in [3.8, 4) is 5.75 Å². The van der Waals surface area contributed by atoms with E-state index in [2.05, 4.69) is 29.0 Å². The SMILES string of the molecule is COc1ccccc1[C@H]1C2=C(CC(C)(C)CC2=O)Nc2nc(SCCN(C)C)[nH]c(=O)c21. The van der Waals surface area contributed by atoms with E-state index in [1.165, 1.54) is 11.8 Å². The molecular formula is C24H30N4O3S. The van der Waals surface area contributed by atoms with Gasteiger partial charge < -0.3 is 19.9 Å². The van der Waals surface area contributed by atoms with E-state index >= 15 is 0 Å². The molecule has 0 fully saturated rings. The number of nitrogens with one attached hydrogen (secondary N) is 2. The zero-order chi connectivity index (χ0) is 23.0. The third kappa shape index (κ3) is 4.34. The maximum atomic E-state index is 13.3. The molecule has 2 aromatic rings. The van der Waals surface area contributed by atoms with Crippen molar-refractivity contribution in [1.82, 2.24) is 14.9 Å². The predicted octanol–water partition coefficient (Wildman–Crippen LogP) is 3.63. The number of H-pyrrole nitrogens is 1. The fraction of sp³-hybridized carbons (Fsp3) is 0.458. The molecule has 8 heteroatoms. The Kier molecular flexibility index (Phi) is 6.18. The van der Waals surface area contributed by atoms with Crippen LogP contribution in [0.1, 0.15) is 43.7 Å². The van der Waals surface area contributed by atoms with Crippen LogP contribution >= 0.6 is 11.8 Å². The number of thioether (sulfide) groups is 1. The molecule has 0 amide bonds. The second-order valence-corrected chi connectivity index (χ2v) is 10.5. The van der Waals surface area contributed by atoms with Crippen LogP contribution in [0.25, 0.3) is 0 Å². The van der Waals surface area contributed by atoms with E-state index in [0.717, 1.165) is 30.0 Å². The number of Topliss-reactive ketones (excluding diaryl/α,β-unsaturated/α-hetero) is 1. The molecule has 2 aliphatic rings. The lowest BCUT2D eigenvalue weighted by Gasteiger charge is -2.38. The minimum absolute atomic E-state index is 0.0640. The average Bonchev–Trinajstić information content (AvgIpc) is 2.71. The third-order valence-corrected chi connectivity index (χ3v) is 6.78. The summed E-state index contributed by atoms with van der Waals surface area (Å²) in [4.78, 5) is 36.5. The van der Waals surface area contributed by atoms with E-state index in [1.807, 2.05) is 38.4 Å². The van der Waals surface area contributed by atoms with Crippen LogP contribution in [0, 0.1) is 5.41 Å². The van der Waals surface area contributed by atoms with E-state index in [1.54, 1.807) is 7.11 Å². The molecule has 0 unspecified atom stereocenters. The first-order valence-corrected chi connectivity index (χ1v) is 11.8. The van der Waals surface area contributed by atoms with Gasteiger partial charge in [-0.15, -0.1) is 0 Å². The van der Waals surface area contributed by atoms with Crippen LogP contribution in [-0.2, 0) is 4.79 Å². The first kappa shape index (κ1) is 22.6. The standard InChI is InChI=1S/C24H30N4O3S/c1-24(2)12-15-19(16(29)13-24)18(14-8-6-7-9-17(14)31-5)20-21(25-15)26-23(27-22(20)30)32-11-10-28(3)4/h6-9,18H,10-13H2,1-5H3,(H2,25,26,27,30)/t18-/m0/s1. The van der Waals surface area contributed by atoms with Crippen LogP contribution in [0.4, 0.5) is 5.82 Å². The third-order valence-electron chi connectivity index (χ3n) is 5.93. The Hall–Kier alpha value is -2.58. The molecular weight excluding hydrogens is 424 g/mol. The van der Waals surface area contributed by atoms with Crippen LogP contribution in [0.5, 0.6) is 5.75 Å². The molecule has 1 aliphatic carbocycles. The Morgan fingerprint density at radius 2 is 1.97 bits per heavy atom. The summed E-state index contributed by atoms with van der Waals surface area (Å²) >= 11 is 1.51. The number of nitrogens with zero attached hydrogens (tertiary/aromatic N) is 2. The van der Waals surface area contributed by atoms with Gasteiger partial charge in [0, 0.05) is 35.6 Å². The largest absolute Gasteiger partial charge is 0.496 e. The van der Waals surface area contributed by atoms with Crippen molar-refractivity contribution in [2.75, 3.05) is 38.8 Å². The number of fused-ring (bicyclic) bond motifs is 1. The van der Waals surface area contributed by atoms with Gasteiger partial charge in [0.25, 0.3) is 5.56 Å². The van der Waals surface area contributed by atoms with Crippen LogP contribution in [-0.4, -0.2) is 54.2 Å². The number of hydrogen-bond donors (Lipinski definition) is 2. The fourth-order valence-corrected chi connectivity index (χ4v) is 5.47. The number of allylic oxidation sites excluding steroid dienone is 2. The molecule has 2 N–H and O–H groups in total. The van der Waals surface area contributed by atoms with E-state index in [9.17, 15) is 9.59 Å². The second-order valence-electron chi connectivity index (χ2n) is 9.42. The van der Waals surface area contributed by atoms with Crippen molar-refractivity contribution in [2.24, 2.45) is 5.41 Å². The highest BCUT2D eigenvalue weighted by Gasteiger charge is 2.43. The molecule has 4 rings (SSSR count). The average molecular weight is 455 g/mol. The Labute approximate surface area is 192 Å². The number of para-hydroxylation sites is 1. The molecule has 32 heavy (non-hydrogen) atoms. The summed E-state index contributed by atoms with van der Waals surface area (Å²) in [6.07, 6.45) is 1.16. The summed E-state index contributed by atoms with van der Waals surface area (Å²) in [6, 6.07) is 7.58. The van der Waals surface area contributed by atoms with Crippen molar-refractivity contribution >= 4 is 23.4 Å². The number of rotatable bonds is 6. The highest BCUT2D eigenvalue weighted by molar-refractivity contribution is 7.99. The molecule has 0 saturated carbocycles. The Morgan fingerprint density at radius 1 is 1.22 bits per heavy atom. The number of ketones is 1. The minimum atomic E-state index is -0.516. The van der Waals surface area contributed by atoms with Crippen molar-refractivity contribution in [3.63, 3.8) is 0 Å². The van der Waals surface area contributed by atoms with Gasteiger partial charge in [-0.3, -0.25) is 9.59 Å². The molecule has 2 heterocycles. The predicted molar refractivity (Wildman–Crippen MR) is 128 cm³/mol. The van der Waals surface area contributed by atoms with Gasteiger partial charge >= 0.3 is 0 Å². The highest BCUT2D eigenvalue weighted by Crippen LogP contribution is 2.49. The first-order chi connectivity index (χ1) is 15.2. The summed E-state index contributed by atoms with van der Waals surface area (Å²) in [5, 5.41) is 3.94. The van der Waals surface area contributed by atoms with E-state index in [-0.39, 0.29) is 16.8 Å². The maximum Gasteiger partial charge on any atom is 0.257 e. The summed E-state index contributed by atoms with van der Waals surface area (Å²) in [5.74, 6) is 1.54. The van der Waals surface area contributed by atoms with Crippen LogP contribution in [0.3, 0.4) is 0 Å². The van der Waals surface area contributed by atoms with E-state index < -0.39 is 5.92 Å². The van der Waals surface area contributed by atoms with Crippen molar-refractivity contribution in [2.45, 2.75) is 37.8 Å². The Balaban J connectivity index is 1.86. The number of aromatic nitrogens is 2. The zero-order valence-corrected chi connectivity index (χ0v) is 20.1. The summed E-state index contributed by atoms with van der Waals surface area (Å²) in [6.45, 7) is 5.07. The number of carbonyl (C=O) groups is 1. The van der Waals surface area contributed by atoms with Gasteiger partial charge in [0.05, 0.1) is 18.6 Å². The summed E-state index contributed by atoms with van der Waals surface area (Å²) in [7, 11) is 5.63. The highest BCUT2D eigenvalue weighted by atomic mass is 32.2. The van der Waals surface area contributed by atoms with Gasteiger partial charge in [0.1, 0.15) is 11.6 Å². The molecule has 1 aromatic heterocycles.